The Bertz CT molecular complexity index is 1490. The number of halogens is 1. The van der Waals surface area contributed by atoms with E-state index in [-0.39, 0.29) is 11.9 Å². The van der Waals surface area contributed by atoms with Gasteiger partial charge in [0.15, 0.2) is 0 Å². The zero-order valence-corrected chi connectivity index (χ0v) is 22.3. The number of amidine groups is 2. The SMILES string of the molecule is CN1C(=O)C2C(=NC(CN3CCN(c4cccc(Cl)c4)CC3)=[N+]2Cc2cccc3ccccc23)N(C)C1=O. The zero-order chi connectivity index (χ0) is 26.4. The topological polar surface area (TPSA) is 62.5 Å². The summed E-state index contributed by atoms with van der Waals surface area (Å²) in [5, 5.41) is 3.05. The van der Waals surface area contributed by atoms with E-state index in [1.807, 2.05) is 30.3 Å². The Morgan fingerprint density at radius 2 is 1.66 bits per heavy atom. The fraction of sp³-hybridized carbons (Fsp3) is 0.310. The molecule has 3 heterocycles. The number of rotatable bonds is 5. The van der Waals surface area contributed by atoms with Crippen LogP contribution in [0.5, 0.6) is 0 Å². The molecule has 3 aromatic carbocycles. The summed E-state index contributed by atoms with van der Waals surface area (Å²) in [5.41, 5.74) is 2.25. The van der Waals surface area contributed by atoms with Crippen LogP contribution in [-0.2, 0) is 11.3 Å². The molecule has 0 spiro atoms. The minimum Gasteiger partial charge on any atom is -0.369 e. The second-order valence-electron chi connectivity index (χ2n) is 10.0. The highest BCUT2D eigenvalue weighted by molar-refractivity contribution is 6.30. The maximum absolute atomic E-state index is 13.4. The van der Waals surface area contributed by atoms with Crippen LogP contribution in [0.15, 0.2) is 71.7 Å². The van der Waals surface area contributed by atoms with Crippen molar-refractivity contribution in [2.24, 2.45) is 4.99 Å². The van der Waals surface area contributed by atoms with E-state index in [0.717, 1.165) is 59.1 Å². The van der Waals surface area contributed by atoms with Gasteiger partial charge in [-0.25, -0.2) is 9.37 Å². The van der Waals surface area contributed by atoms with Gasteiger partial charge in [-0.15, -0.1) is 0 Å². The van der Waals surface area contributed by atoms with Crippen molar-refractivity contribution in [2.45, 2.75) is 12.6 Å². The van der Waals surface area contributed by atoms with Gasteiger partial charge in [-0.05, 0) is 34.0 Å². The van der Waals surface area contributed by atoms with Crippen molar-refractivity contribution < 1.29 is 14.2 Å². The van der Waals surface area contributed by atoms with Crippen molar-refractivity contribution in [1.82, 2.24) is 14.7 Å². The number of carbonyl (C=O) groups is 2. The maximum atomic E-state index is 13.4. The molecule has 2 fully saturated rings. The highest BCUT2D eigenvalue weighted by Crippen LogP contribution is 2.25. The van der Waals surface area contributed by atoms with E-state index in [1.165, 1.54) is 9.80 Å². The van der Waals surface area contributed by atoms with Crippen LogP contribution in [0, 0.1) is 0 Å². The number of hydrogen-bond acceptors (Lipinski definition) is 5. The standard InChI is InChI=1S/C29H30ClN6O2/c1-32-27-26(28(37)33(2)29(32)38)36(18-21-9-5-8-20-7-3-4-12-24(20)21)25(31-27)19-34-13-15-35(16-14-34)23-11-6-10-22(30)17-23/h3-12,17,26H,13-16,18-19H2,1-2H3/q+1. The molecule has 6 rings (SSSR count). The van der Waals surface area contributed by atoms with Crippen LogP contribution in [0.4, 0.5) is 10.5 Å². The van der Waals surface area contributed by atoms with Gasteiger partial charge in [0.1, 0.15) is 13.1 Å². The van der Waals surface area contributed by atoms with Gasteiger partial charge in [0.25, 0.3) is 17.8 Å². The van der Waals surface area contributed by atoms with Gasteiger partial charge >= 0.3 is 11.9 Å². The van der Waals surface area contributed by atoms with Crippen molar-refractivity contribution in [2.75, 3.05) is 51.7 Å². The molecule has 0 aromatic heterocycles. The molecule has 1 unspecified atom stereocenters. The lowest BCUT2D eigenvalue weighted by molar-refractivity contribution is -0.551. The number of benzene rings is 3. The monoisotopic (exact) mass is 529 g/mol. The Balaban J connectivity index is 1.30. The van der Waals surface area contributed by atoms with Gasteiger partial charge in [0.2, 0.25) is 0 Å². The van der Waals surface area contributed by atoms with Gasteiger partial charge in [-0.2, -0.15) is 0 Å². The summed E-state index contributed by atoms with van der Waals surface area (Å²) < 4.78 is 2.09. The van der Waals surface area contributed by atoms with Gasteiger partial charge < -0.3 is 4.90 Å². The average molecular weight is 530 g/mol. The molecule has 194 valence electrons. The summed E-state index contributed by atoms with van der Waals surface area (Å²) in [7, 11) is 3.24. The lowest BCUT2D eigenvalue weighted by Gasteiger charge is -2.35. The normalized spacial score (nSPS) is 20.4. The zero-order valence-electron chi connectivity index (χ0n) is 21.5. The van der Waals surface area contributed by atoms with E-state index < -0.39 is 6.04 Å². The number of imide groups is 1. The first-order valence-corrected chi connectivity index (χ1v) is 13.2. The van der Waals surface area contributed by atoms with Crippen LogP contribution in [0.3, 0.4) is 0 Å². The Morgan fingerprint density at radius 1 is 0.921 bits per heavy atom. The molecule has 0 saturated carbocycles. The molecule has 3 aliphatic heterocycles. The number of aliphatic imine (C=N–C) groups is 1. The third-order valence-corrected chi connectivity index (χ3v) is 7.98. The van der Waals surface area contributed by atoms with E-state index in [2.05, 4.69) is 50.8 Å². The predicted octanol–water partition coefficient (Wildman–Crippen LogP) is 3.53. The molecular formula is C29H30ClN6O2+. The summed E-state index contributed by atoms with van der Waals surface area (Å²) >= 11 is 6.21. The number of urea groups is 1. The molecule has 3 amide bonds. The van der Waals surface area contributed by atoms with E-state index in [0.29, 0.717) is 18.9 Å². The van der Waals surface area contributed by atoms with Crippen molar-refractivity contribution in [1.29, 1.82) is 0 Å². The number of fused-ring (bicyclic) bond motifs is 2. The molecule has 3 aromatic rings. The van der Waals surface area contributed by atoms with Crippen molar-refractivity contribution in [3.63, 3.8) is 0 Å². The number of likely N-dealkylation sites (N-methyl/N-ethyl adjacent to an activating group) is 2. The lowest BCUT2D eigenvalue weighted by Crippen LogP contribution is -2.61. The molecule has 8 nitrogen and oxygen atoms in total. The third-order valence-electron chi connectivity index (χ3n) is 7.74. The van der Waals surface area contributed by atoms with Crippen LogP contribution in [0.25, 0.3) is 10.8 Å². The van der Waals surface area contributed by atoms with Crippen LogP contribution < -0.4 is 4.90 Å². The summed E-state index contributed by atoms with van der Waals surface area (Å²) in [4.78, 5) is 38.4. The largest absolute Gasteiger partial charge is 0.369 e. The molecule has 0 radical (unpaired) electrons. The van der Waals surface area contributed by atoms with Crippen molar-refractivity contribution in [3.05, 3.63) is 77.3 Å². The highest BCUT2D eigenvalue weighted by Gasteiger charge is 2.53. The number of anilines is 1. The Hall–Kier alpha value is -3.75. The fourth-order valence-electron chi connectivity index (χ4n) is 5.61. The molecule has 0 bridgehead atoms. The molecule has 3 aliphatic rings. The third kappa shape index (κ3) is 4.33. The van der Waals surface area contributed by atoms with Gasteiger partial charge in [-0.1, -0.05) is 60.1 Å². The second-order valence-corrected chi connectivity index (χ2v) is 10.5. The Kier molecular flexibility index (Phi) is 6.37. The minimum absolute atomic E-state index is 0.243. The van der Waals surface area contributed by atoms with E-state index in [1.54, 1.807) is 14.1 Å². The number of hydrogen-bond donors (Lipinski definition) is 0. The summed E-state index contributed by atoms with van der Waals surface area (Å²) in [6, 6.07) is 21.5. The molecule has 38 heavy (non-hydrogen) atoms. The number of carbonyl (C=O) groups excluding carboxylic acids is 2. The van der Waals surface area contributed by atoms with Crippen LogP contribution >= 0.6 is 11.6 Å². The second kappa shape index (κ2) is 9.85. The van der Waals surface area contributed by atoms with Gasteiger partial charge in [-0.3, -0.25) is 19.5 Å². The first kappa shape index (κ1) is 24.6. The van der Waals surface area contributed by atoms with E-state index >= 15 is 0 Å². The van der Waals surface area contributed by atoms with E-state index in [4.69, 9.17) is 16.6 Å². The highest BCUT2D eigenvalue weighted by atomic mass is 35.5. The Morgan fingerprint density at radius 3 is 2.45 bits per heavy atom. The summed E-state index contributed by atoms with van der Waals surface area (Å²) in [6.07, 6.45) is 0. The number of piperazine rings is 1. The molecule has 0 aliphatic carbocycles. The smallest absolute Gasteiger partial charge is 0.333 e. The van der Waals surface area contributed by atoms with Crippen LogP contribution in [-0.4, -0.2) is 95.7 Å². The van der Waals surface area contributed by atoms with Crippen molar-refractivity contribution in [3.8, 4) is 0 Å². The predicted molar refractivity (Wildman–Crippen MR) is 150 cm³/mol. The van der Waals surface area contributed by atoms with Crippen LogP contribution in [0.1, 0.15) is 5.56 Å². The first-order chi connectivity index (χ1) is 18.4. The van der Waals surface area contributed by atoms with Crippen LogP contribution in [0.2, 0.25) is 5.02 Å². The average Bonchev–Trinajstić information content (AvgIpc) is 3.29. The fourth-order valence-corrected chi connectivity index (χ4v) is 5.79. The minimum atomic E-state index is -0.621. The Labute approximate surface area is 227 Å². The molecule has 9 heteroatoms. The summed E-state index contributed by atoms with van der Waals surface area (Å²) in [6.45, 7) is 4.59. The maximum Gasteiger partial charge on any atom is 0.333 e. The molecule has 2 saturated heterocycles. The quantitative estimate of drug-likeness (QED) is 0.474. The molecular weight excluding hydrogens is 500 g/mol. The lowest BCUT2D eigenvalue weighted by atomic mass is 10.0. The molecule has 0 N–H and O–H groups in total. The molecule has 1 atom stereocenters. The number of amides is 3. The first-order valence-electron chi connectivity index (χ1n) is 12.9. The van der Waals surface area contributed by atoms with E-state index in [9.17, 15) is 9.59 Å². The number of nitrogens with zero attached hydrogens (tertiary/aromatic N) is 6. The van der Waals surface area contributed by atoms with Gasteiger partial charge in [0, 0.05) is 56.5 Å². The summed E-state index contributed by atoms with van der Waals surface area (Å²) in [5.74, 6) is 1.08. The van der Waals surface area contributed by atoms with Gasteiger partial charge in [0.05, 0.1) is 0 Å². The van der Waals surface area contributed by atoms with Crippen molar-refractivity contribution >= 4 is 51.7 Å².